The fourth-order valence-corrected chi connectivity index (χ4v) is 3.10. The molecule has 0 saturated heterocycles. The number of nitrogens with one attached hydrogen (secondary N) is 1. The molecule has 1 aliphatic heterocycles. The summed E-state index contributed by atoms with van der Waals surface area (Å²) >= 11 is 11.8. The monoisotopic (exact) mass is 365 g/mol. The first-order valence-electron chi connectivity index (χ1n) is 7.67. The molecule has 3 rings (SSSR count). The minimum atomic E-state index is -0.229. The molecule has 0 unspecified atom stereocenters. The SMILES string of the molecule is O=C(COc1ccc(Cl)cc1Cl)NC[C@H]1OCCc2ccccc21. The van der Waals surface area contributed by atoms with Gasteiger partial charge < -0.3 is 14.8 Å². The lowest BCUT2D eigenvalue weighted by Crippen LogP contribution is -2.34. The minimum Gasteiger partial charge on any atom is -0.482 e. The molecule has 1 aliphatic rings. The van der Waals surface area contributed by atoms with E-state index in [1.165, 1.54) is 5.56 Å². The molecule has 0 fully saturated rings. The standard InChI is InChI=1S/C18H17Cl2NO3/c19-13-5-6-16(15(20)9-13)24-11-18(22)21-10-17-14-4-2-1-3-12(14)7-8-23-17/h1-6,9,17H,7-8,10-11H2,(H,21,22)/t17-/m1/s1. The number of halogens is 2. The number of rotatable bonds is 5. The lowest BCUT2D eigenvalue weighted by Gasteiger charge is -2.26. The van der Waals surface area contributed by atoms with Crippen LogP contribution in [0.25, 0.3) is 0 Å². The van der Waals surface area contributed by atoms with Gasteiger partial charge in [0.2, 0.25) is 0 Å². The van der Waals surface area contributed by atoms with Crippen molar-refractivity contribution >= 4 is 29.1 Å². The van der Waals surface area contributed by atoms with Gasteiger partial charge in [0.25, 0.3) is 5.91 Å². The van der Waals surface area contributed by atoms with Gasteiger partial charge in [0.05, 0.1) is 11.6 Å². The Morgan fingerprint density at radius 2 is 2.08 bits per heavy atom. The summed E-state index contributed by atoms with van der Waals surface area (Å²) < 4.78 is 11.2. The highest BCUT2D eigenvalue weighted by Gasteiger charge is 2.20. The molecule has 126 valence electrons. The van der Waals surface area contributed by atoms with Gasteiger partial charge in [0.1, 0.15) is 11.9 Å². The van der Waals surface area contributed by atoms with E-state index in [1.807, 2.05) is 18.2 Å². The van der Waals surface area contributed by atoms with Crippen LogP contribution in [-0.4, -0.2) is 25.7 Å². The second-order valence-electron chi connectivity index (χ2n) is 5.48. The molecule has 1 N–H and O–H groups in total. The van der Waals surface area contributed by atoms with E-state index in [2.05, 4.69) is 11.4 Å². The maximum atomic E-state index is 12.0. The van der Waals surface area contributed by atoms with Crippen LogP contribution in [0.15, 0.2) is 42.5 Å². The van der Waals surface area contributed by atoms with E-state index < -0.39 is 0 Å². The van der Waals surface area contributed by atoms with Crippen molar-refractivity contribution in [2.24, 2.45) is 0 Å². The maximum Gasteiger partial charge on any atom is 0.258 e. The van der Waals surface area contributed by atoms with Crippen molar-refractivity contribution in [2.45, 2.75) is 12.5 Å². The summed E-state index contributed by atoms with van der Waals surface area (Å²) in [5.41, 5.74) is 2.40. The fraction of sp³-hybridized carbons (Fsp3) is 0.278. The van der Waals surface area contributed by atoms with Crippen LogP contribution in [-0.2, 0) is 16.0 Å². The van der Waals surface area contributed by atoms with Crippen molar-refractivity contribution < 1.29 is 14.3 Å². The number of amides is 1. The molecule has 2 aromatic rings. The number of benzene rings is 2. The molecule has 1 amide bonds. The third kappa shape index (κ3) is 4.20. The molecule has 0 aromatic heterocycles. The van der Waals surface area contributed by atoms with Gasteiger partial charge in [0.15, 0.2) is 6.61 Å². The number of carbonyl (C=O) groups excluding carboxylic acids is 1. The van der Waals surface area contributed by atoms with Crippen LogP contribution in [0.3, 0.4) is 0 Å². The van der Waals surface area contributed by atoms with Crippen LogP contribution in [0.4, 0.5) is 0 Å². The number of carbonyl (C=O) groups is 1. The first kappa shape index (κ1) is 17.1. The number of hydrogen-bond acceptors (Lipinski definition) is 3. The molecule has 1 heterocycles. The Kier molecular flexibility index (Phi) is 5.61. The van der Waals surface area contributed by atoms with Gasteiger partial charge in [0, 0.05) is 11.6 Å². The third-order valence-electron chi connectivity index (χ3n) is 3.83. The summed E-state index contributed by atoms with van der Waals surface area (Å²) in [5, 5.41) is 3.73. The van der Waals surface area contributed by atoms with E-state index in [0.717, 1.165) is 12.0 Å². The molecule has 0 radical (unpaired) electrons. The van der Waals surface area contributed by atoms with Crippen LogP contribution < -0.4 is 10.1 Å². The molecular formula is C18H17Cl2NO3. The minimum absolute atomic E-state index is 0.115. The topological polar surface area (TPSA) is 47.6 Å². The molecule has 24 heavy (non-hydrogen) atoms. The summed E-state index contributed by atoms with van der Waals surface area (Å²) in [6, 6.07) is 13.0. The zero-order valence-corrected chi connectivity index (χ0v) is 14.4. The lowest BCUT2D eigenvalue weighted by molar-refractivity contribution is -0.123. The lowest BCUT2D eigenvalue weighted by atomic mass is 9.97. The molecule has 0 bridgehead atoms. The van der Waals surface area contributed by atoms with Crippen molar-refractivity contribution in [1.29, 1.82) is 0 Å². The summed E-state index contributed by atoms with van der Waals surface area (Å²) in [4.78, 5) is 12.0. The Balaban J connectivity index is 1.51. The summed E-state index contributed by atoms with van der Waals surface area (Å²) in [6.07, 6.45) is 0.775. The average Bonchev–Trinajstić information content (AvgIpc) is 2.59. The number of hydrogen-bond donors (Lipinski definition) is 1. The Morgan fingerprint density at radius 3 is 2.92 bits per heavy atom. The zero-order chi connectivity index (χ0) is 16.9. The first-order chi connectivity index (χ1) is 11.6. The number of fused-ring (bicyclic) bond motifs is 1. The van der Waals surface area contributed by atoms with Crippen LogP contribution in [0.2, 0.25) is 10.0 Å². The normalized spacial score (nSPS) is 16.3. The van der Waals surface area contributed by atoms with E-state index in [4.69, 9.17) is 32.7 Å². The summed E-state index contributed by atoms with van der Waals surface area (Å²) in [5.74, 6) is 0.197. The molecule has 0 spiro atoms. The second kappa shape index (κ2) is 7.88. The van der Waals surface area contributed by atoms with Crippen molar-refractivity contribution in [3.05, 3.63) is 63.6 Å². The Hall–Kier alpha value is -1.75. The van der Waals surface area contributed by atoms with E-state index in [-0.39, 0.29) is 18.6 Å². The third-order valence-corrected chi connectivity index (χ3v) is 4.36. The van der Waals surface area contributed by atoms with Gasteiger partial charge in [-0.05, 0) is 35.7 Å². The highest BCUT2D eigenvalue weighted by molar-refractivity contribution is 6.35. The molecular weight excluding hydrogens is 349 g/mol. The summed E-state index contributed by atoms with van der Waals surface area (Å²) in [6.45, 7) is 0.956. The molecule has 1 atom stereocenters. The molecule has 0 saturated carbocycles. The van der Waals surface area contributed by atoms with Crippen molar-refractivity contribution in [3.63, 3.8) is 0 Å². The largest absolute Gasteiger partial charge is 0.482 e. The van der Waals surface area contributed by atoms with E-state index in [1.54, 1.807) is 18.2 Å². The van der Waals surface area contributed by atoms with Crippen molar-refractivity contribution in [2.75, 3.05) is 19.8 Å². The van der Waals surface area contributed by atoms with Gasteiger partial charge in [-0.25, -0.2) is 0 Å². The van der Waals surface area contributed by atoms with Crippen LogP contribution >= 0.6 is 23.2 Å². The van der Waals surface area contributed by atoms with Crippen molar-refractivity contribution in [3.8, 4) is 5.75 Å². The van der Waals surface area contributed by atoms with Gasteiger partial charge in [-0.2, -0.15) is 0 Å². The Bertz CT molecular complexity index is 736. The fourth-order valence-electron chi connectivity index (χ4n) is 2.64. The quantitative estimate of drug-likeness (QED) is 0.876. The molecule has 0 aliphatic carbocycles. The predicted molar refractivity (Wildman–Crippen MR) is 93.8 cm³/mol. The van der Waals surface area contributed by atoms with Gasteiger partial charge in [-0.3, -0.25) is 4.79 Å². The van der Waals surface area contributed by atoms with Gasteiger partial charge >= 0.3 is 0 Å². The van der Waals surface area contributed by atoms with Gasteiger partial charge in [-0.1, -0.05) is 47.5 Å². The molecule has 2 aromatic carbocycles. The molecule has 6 heteroatoms. The predicted octanol–water partition coefficient (Wildman–Crippen LogP) is 3.80. The Labute approximate surface area is 150 Å². The van der Waals surface area contributed by atoms with E-state index in [0.29, 0.717) is 28.9 Å². The highest BCUT2D eigenvalue weighted by atomic mass is 35.5. The second-order valence-corrected chi connectivity index (χ2v) is 6.32. The van der Waals surface area contributed by atoms with E-state index >= 15 is 0 Å². The summed E-state index contributed by atoms with van der Waals surface area (Å²) in [7, 11) is 0. The highest BCUT2D eigenvalue weighted by Crippen LogP contribution is 2.28. The molecule has 4 nitrogen and oxygen atoms in total. The van der Waals surface area contributed by atoms with E-state index in [9.17, 15) is 4.79 Å². The Morgan fingerprint density at radius 1 is 1.25 bits per heavy atom. The van der Waals surface area contributed by atoms with Crippen LogP contribution in [0.1, 0.15) is 17.2 Å². The smallest absolute Gasteiger partial charge is 0.258 e. The maximum absolute atomic E-state index is 12.0. The zero-order valence-electron chi connectivity index (χ0n) is 12.9. The van der Waals surface area contributed by atoms with Crippen molar-refractivity contribution in [1.82, 2.24) is 5.32 Å². The van der Waals surface area contributed by atoms with Crippen LogP contribution in [0, 0.1) is 0 Å². The first-order valence-corrected chi connectivity index (χ1v) is 8.43. The van der Waals surface area contributed by atoms with Crippen LogP contribution in [0.5, 0.6) is 5.75 Å². The average molecular weight is 366 g/mol. The number of ether oxygens (including phenoxy) is 2. The van der Waals surface area contributed by atoms with Gasteiger partial charge in [-0.15, -0.1) is 0 Å².